The van der Waals surface area contributed by atoms with Crippen LogP contribution >= 0.6 is 11.6 Å². The molecule has 6 heteroatoms. The molecule has 0 atom stereocenters. The molecule has 16 heavy (non-hydrogen) atoms. The number of anilines is 1. The van der Waals surface area contributed by atoms with Crippen LogP contribution < -0.4 is 10.5 Å². The molecule has 0 spiro atoms. The van der Waals surface area contributed by atoms with Crippen LogP contribution in [0.3, 0.4) is 0 Å². The number of halogens is 2. The minimum atomic E-state index is -0.682. The van der Waals surface area contributed by atoms with Gasteiger partial charge in [0, 0.05) is 5.02 Å². The van der Waals surface area contributed by atoms with Gasteiger partial charge in [-0.15, -0.1) is 0 Å². The number of nitrogens with two attached hydrogens (primary N) is 1. The standard InChI is InChI=1S/C10H7ClFN3O/c11-6-2-1-3-7(4-6)16-10-14-5-8(12)9(13)15-10/h1-5H,(H2,13,14,15). The fourth-order valence-corrected chi connectivity index (χ4v) is 1.23. The summed E-state index contributed by atoms with van der Waals surface area (Å²) in [5.41, 5.74) is 5.27. The van der Waals surface area contributed by atoms with Gasteiger partial charge in [0.15, 0.2) is 11.6 Å². The van der Waals surface area contributed by atoms with Crippen molar-refractivity contribution in [2.45, 2.75) is 0 Å². The highest BCUT2D eigenvalue weighted by molar-refractivity contribution is 6.30. The van der Waals surface area contributed by atoms with Crippen LogP contribution in [0.1, 0.15) is 0 Å². The topological polar surface area (TPSA) is 61.0 Å². The Morgan fingerprint density at radius 2 is 2.19 bits per heavy atom. The van der Waals surface area contributed by atoms with Crippen LogP contribution in [0.15, 0.2) is 30.5 Å². The highest BCUT2D eigenvalue weighted by atomic mass is 35.5. The molecule has 0 aliphatic carbocycles. The number of ether oxygens (including phenoxy) is 1. The van der Waals surface area contributed by atoms with E-state index in [9.17, 15) is 4.39 Å². The maximum Gasteiger partial charge on any atom is 0.324 e. The molecule has 0 unspecified atom stereocenters. The van der Waals surface area contributed by atoms with Crippen LogP contribution in [-0.4, -0.2) is 9.97 Å². The zero-order valence-electron chi connectivity index (χ0n) is 8.02. The lowest BCUT2D eigenvalue weighted by molar-refractivity contribution is 0.438. The van der Waals surface area contributed by atoms with Gasteiger partial charge in [-0.3, -0.25) is 0 Å². The molecule has 0 aliphatic rings. The van der Waals surface area contributed by atoms with Gasteiger partial charge in [-0.25, -0.2) is 9.37 Å². The number of rotatable bonds is 2. The third-order valence-corrected chi connectivity index (χ3v) is 1.99. The monoisotopic (exact) mass is 239 g/mol. The van der Waals surface area contributed by atoms with Crippen molar-refractivity contribution in [3.8, 4) is 11.8 Å². The van der Waals surface area contributed by atoms with E-state index in [0.29, 0.717) is 10.8 Å². The summed E-state index contributed by atoms with van der Waals surface area (Å²) in [6, 6.07) is 6.65. The van der Waals surface area contributed by atoms with E-state index in [0.717, 1.165) is 6.20 Å². The molecule has 0 bridgehead atoms. The molecule has 4 nitrogen and oxygen atoms in total. The predicted octanol–water partition coefficient (Wildman–Crippen LogP) is 2.64. The van der Waals surface area contributed by atoms with E-state index in [2.05, 4.69) is 9.97 Å². The second-order valence-corrected chi connectivity index (χ2v) is 3.38. The molecule has 0 saturated carbocycles. The molecule has 1 aromatic carbocycles. The minimum absolute atomic E-state index is 0.0267. The van der Waals surface area contributed by atoms with E-state index >= 15 is 0 Å². The number of nitrogens with zero attached hydrogens (tertiary/aromatic N) is 2. The first-order chi connectivity index (χ1) is 7.65. The molecular weight excluding hydrogens is 233 g/mol. The number of hydrogen-bond acceptors (Lipinski definition) is 4. The van der Waals surface area contributed by atoms with Crippen molar-refractivity contribution in [3.63, 3.8) is 0 Å². The number of hydrogen-bond donors (Lipinski definition) is 1. The van der Waals surface area contributed by atoms with Gasteiger partial charge in [0.2, 0.25) is 0 Å². The van der Waals surface area contributed by atoms with Crippen molar-refractivity contribution in [1.29, 1.82) is 0 Å². The van der Waals surface area contributed by atoms with E-state index in [-0.39, 0.29) is 11.8 Å². The minimum Gasteiger partial charge on any atom is -0.424 e. The Balaban J connectivity index is 2.24. The average molecular weight is 240 g/mol. The van der Waals surface area contributed by atoms with Crippen molar-refractivity contribution >= 4 is 17.4 Å². The largest absolute Gasteiger partial charge is 0.424 e. The first kappa shape index (κ1) is 10.6. The van der Waals surface area contributed by atoms with Crippen LogP contribution in [0.4, 0.5) is 10.2 Å². The van der Waals surface area contributed by atoms with Crippen LogP contribution in [0.5, 0.6) is 11.8 Å². The lowest BCUT2D eigenvalue weighted by atomic mass is 10.3. The van der Waals surface area contributed by atoms with Gasteiger partial charge in [0.25, 0.3) is 0 Å². The molecule has 0 radical (unpaired) electrons. The third-order valence-electron chi connectivity index (χ3n) is 1.75. The summed E-state index contributed by atoms with van der Waals surface area (Å²) in [5.74, 6) is -0.482. The average Bonchev–Trinajstić information content (AvgIpc) is 2.24. The second kappa shape index (κ2) is 4.32. The molecule has 82 valence electrons. The van der Waals surface area contributed by atoms with Crippen molar-refractivity contribution in [2.75, 3.05) is 5.73 Å². The van der Waals surface area contributed by atoms with Crippen molar-refractivity contribution in [2.24, 2.45) is 0 Å². The molecule has 0 aliphatic heterocycles. The summed E-state index contributed by atoms with van der Waals surface area (Å²) in [5, 5.41) is 0.521. The predicted molar refractivity (Wildman–Crippen MR) is 57.9 cm³/mol. The normalized spacial score (nSPS) is 10.1. The van der Waals surface area contributed by atoms with Gasteiger partial charge >= 0.3 is 6.01 Å². The van der Waals surface area contributed by atoms with Gasteiger partial charge in [0.05, 0.1) is 6.20 Å². The van der Waals surface area contributed by atoms with Crippen LogP contribution in [-0.2, 0) is 0 Å². The lowest BCUT2D eigenvalue weighted by Gasteiger charge is -2.04. The summed E-state index contributed by atoms with van der Waals surface area (Å²) in [4.78, 5) is 7.26. The Bertz CT molecular complexity index is 521. The molecule has 0 saturated heterocycles. The van der Waals surface area contributed by atoms with E-state index in [1.54, 1.807) is 24.3 Å². The van der Waals surface area contributed by atoms with E-state index in [1.807, 2.05) is 0 Å². The molecule has 2 N–H and O–H groups in total. The number of aromatic nitrogens is 2. The fraction of sp³-hybridized carbons (Fsp3) is 0. The van der Waals surface area contributed by atoms with Crippen LogP contribution in [0.2, 0.25) is 5.02 Å². The first-order valence-corrected chi connectivity index (χ1v) is 4.74. The maximum atomic E-state index is 12.8. The SMILES string of the molecule is Nc1nc(Oc2cccc(Cl)c2)ncc1F. The highest BCUT2D eigenvalue weighted by Crippen LogP contribution is 2.22. The lowest BCUT2D eigenvalue weighted by Crippen LogP contribution is -1.99. The second-order valence-electron chi connectivity index (χ2n) is 2.95. The first-order valence-electron chi connectivity index (χ1n) is 4.36. The summed E-state index contributed by atoms with van der Waals surface area (Å²) in [6.45, 7) is 0. The summed E-state index contributed by atoms with van der Waals surface area (Å²) in [7, 11) is 0. The molecule has 0 amide bonds. The molecule has 2 aromatic rings. The Labute approximate surface area is 95.9 Å². The zero-order chi connectivity index (χ0) is 11.5. The Morgan fingerprint density at radius 1 is 1.38 bits per heavy atom. The van der Waals surface area contributed by atoms with Gasteiger partial charge < -0.3 is 10.5 Å². The number of nitrogen functional groups attached to an aromatic ring is 1. The molecule has 2 rings (SSSR count). The number of benzene rings is 1. The van der Waals surface area contributed by atoms with Gasteiger partial charge in [-0.2, -0.15) is 4.98 Å². The summed E-state index contributed by atoms with van der Waals surface area (Å²) < 4.78 is 18.0. The third kappa shape index (κ3) is 2.38. The smallest absolute Gasteiger partial charge is 0.324 e. The molecular formula is C10H7ClFN3O. The van der Waals surface area contributed by atoms with E-state index in [4.69, 9.17) is 22.1 Å². The van der Waals surface area contributed by atoms with E-state index < -0.39 is 5.82 Å². The van der Waals surface area contributed by atoms with Gasteiger partial charge in [0.1, 0.15) is 5.75 Å². The summed E-state index contributed by atoms with van der Waals surface area (Å²) in [6.07, 6.45) is 0.947. The van der Waals surface area contributed by atoms with Crippen molar-refractivity contribution in [1.82, 2.24) is 9.97 Å². The van der Waals surface area contributed by atoms with Gasteiger partial charge in [-0.1, -0.05) is 17.7 Å². The van der Waals surface area contributed by atoms with Crippen LogP contribution in [0.25, 0.3) is 0 Å². The zero-order valence-corrected chi connectivity index (χ0v) is 8.78. The van der Waals surface area contributed by atoms with Crippen molar-refractivity contribution < 1.29 is 9.13 Å². The van der Waals surface area contributed by atoms with E-state index in [1.165, 1.54) is 0 Å². The molecule has 0 fully saturated rings. The molecule has 1 aromatic heterocycles. The van der Waals surface area contributed by atoms with Gasteiger partial charge in [-0.05, 0) is 18.2 Å². The highest BCUT2D eigenvalue weighted by Gasteiger charge is 2.05. The van der Waals surface area contributed by atoms with Crippen LogP contribution in [0, 0.1) is 5.82 Å². The molecule has 1 heterocycles. The Kier molecular flexibility index (Phi) is 2.87. The van der Waals surface area contributed by atoms with Crippen molar-refractivity contribution in [3.05, 3.63) is 41.3 Å². The quantitative estimate of drug-likeness (QED) is 0.875. The Hall–Kier alpha value is -1.88. The maximum absolute atomic E-state index is 12.8. The fourth-order valence-electron chi connectivity index (χ4n) is 1.05. The summed E-state index contributed by atoms with van der Waals surface area (Å²) >= 11 is 5.76. The Morgan fingerprint density at radius 3 is 2.88 bits per heavy atom.